The maximum absolute atomic E-state index is 13.9. The molecular formula is C29H42Cl2N5O2+. The van der Waals surface area contributed by atoms with Gasteiger partial charge >= 0.3 is 0 Å². The number of piperidine rings is 2. The quantitative estimate of drug-likeness (QED) is 0.432. The molecule has 7 nitrogen and oxygen atoms in total. The smallest absolute Gasteiger partial charge is 0.283 e. The third-order valence-corrected chi connectivity index (χ3v) is 9.56. The number of likely N-dealkylation sites (tertiary alicyclic amines) is 1. The van der Waals surface area contributed by atoms with Gasteiger partial charge in [-0.15, -0.1) is 0 Å². The highest BCUT2D eigenvalue weighted by Gasteiger charge is 2.57. The first-order chi connectivity index (χ1) is 18.2. The number of likely N-dealkylation sites (N-methyl/N-ethyl adjacent to an activating group) is 2. The largest absolute Gasteiger partial charge is 0.367 e. The Hall–Kier alpha value is -2.06. The van der Waals surface area contributed by atoms with Crippen molar-refractivity contribution >= 4 is 35.0 Å². The number of nitrogens with zero attached hydrogens (tertiary/aromatic N) is 3. The summed E-state index contributed by atoms with van der Waals surface area (Å²) in [7, 11) is 5.65. The van der Waals surface area contributed by atoms with Crippen molar-refractivity contribution in [3.8, 4) is 0 Å². The average molecular weight is 564 g/mol. The van der Waals surface area contributed by atoms with Crippen LogP contribution in [0.2, 0.25) is 10.0 Å². The molecule has 0 aliphatic carbocycles. The Morgan fingerprint density at radius 2 is 1.74 bits per heavy atom. The molecule has 1 atom stereocenters. The van der Waals surface area contributed by atoms with Gasteiger partial charge < -0.3 is 24.6 Å². The summed E-state index contributed by atoms with van der Waals surface area (Å²) in [6.45, 7) is 5.21. The van der Waals surface area contributed by atoms with Gasteiger partial charge in [-0.25, -0.2) is 0 Å². The summed E-state index contributed by atoms with van der Waals surface area (Å²) in [6.07, 6.45) is 9.54. The van der Waals surface area contributed by atoms with Crippen molar-refractivity contribution in [2.75, 3.05) is 60.4 Å². The summed E-state index contributed by atoms with van der Waals surface area (Å²) in [4.78, 5) is 33.6. The molecule has 2 fully saturated rings. The SMILES string of the molecule is CN(C)C(=O)C1([N+]2(CCC(CN(C)C(=O)c3cc[nH]c3)c3ccc(Cl)c(Cl)c3)CCCCC2)CCNCC1. The summed E-state index contributed by atoms with van der Waals surface area (Å²) < 4.78 is 0.832. The Labute approximate surface area is 237 Å². The number of aromatic amines is 1. The molecule has 2 aliphatic heterocycles. The molecule has 2 saturated heterocycles. The monoisotopic (exact) mass is 562 g/mol. The second-order valence-corrected chi connectivity index (χ2v) is 12.1. The lowest BCUT2D eigenvalue weighted by Crippen LogP contribution is -2.74. The maximum atomic E-state index is 13.9. The molecule has 2 N–H and O–H groups in total. The van der Waals surface area contributed by atoms with Crippen LogP contribution < -0.4 is 5.32 Å². The van der Waals surface area contributed by atoms with Crippen LogP contribution in [0.5, 0.6) is 0 Å². The van der Waals surface area contributed by atoms with Gasteiger partial charge in [0.05, 0.1) is 35.2 Å². The Kier molecular flexibility index (Phi) is 9.45. The van der Waals surface area contributed by atoms with Crippen LogP contribution in [-0.2, 0) is 4.79 Å². The van der Waals surface area contributed by atoms with E-state index in [1.54, 1.807) is 28.3 Å². The van der Waals surface area contributed by atoms with Gasteiger partial charge in [0.2, 0.25) is 0 Å². The van der Waals surface area contributed by atoms with E-state index in [9.17, 15) is 9.59 Å². The summed E-state index contributed by atoms with van der Waals surface area (Å²) in [5, 5.41) is 4.53. The standard InChI is InChI=1S/C29H41Cl2N5O2/c1-34(2)28(38)29(11-14-32-15-12-29)36(16-5-4-6-17-36)18-10-24(22-7-8-25(30)26(31)19-22)21-35(3)27(37)23-9-13-33-20-23/h7-9,13,19-20,24,32H,4-6,10-12,14-18,21H2,1-3H3/p+1. The third kappa shape index (κ3) is 5.91. The lowest BCUT2D eigenvalue weighted by atomic mass is 9.79. The Morgan fingerprint density at radius 3 is 2.34 bits per heavy atom. The fourth-order valence-electron chi connectivity index (χ4n) is 6.75. The third-order valence-electron chi connectivity index (χ3n) is 8.82. The van der Waals surface area contributed by atoms with Gasteiger partial charge in [0.15, 0.2) is 5.54 Å². The molecule has 0 saturated carbocycles. The minimum absolute atomic E-state index is 0.0178. The van der Waals surface area contributed by atoms with E-state index in [1.807, 2.05) is 39.3 Å². The Bertz CT molecular complexity index is 1090. The number of H-pyrrole nitrogens is 1. The maximum Gasteiger partial charge on any atom is 0.283 e. The van der Waals surface area contributed by atoms with Gasteiger partial charge in [0, 0.05) is 78.4 Å². The minimum Gasteiger partial charge on any atom is -0.367 e. The zero-order valence-electron chi connectivity index (χ0n) is 22.9. The van der Waals surface area contributed by atoms with E-state index in [0.717, 1.165) is 74.9 Å². The van der Waals surface area contributed by atoms with Gasteiger partial charge in [0.1, 0.15) is 0 Å². The van der Waals surface area contributed by atoms with Crippen LogP contribution in [0.1, 0.15) is 60.4 Å². The van der Waals surface area contributed by atoms with Crippen molar-refractivity contribution in [3.05, 3.63) is 57.8 Å². The van der Waals surface area contributed by atoms with E-state index in [1.165, 1.54) is 6.42 Å². The zero-order valence-corrected chi connectivity index (χ0v) is 24.5. The number of benzene rings is 1. The number of rotatable bonds is 9. The number of aromatic nitrogens is 1. The van der Waals surface area contributed by atoms with Crippen molar-refractivity contribution in [3.63, 3.8) is 0 Å². The number of amides is 2. The predicted molar refractivity (Wildman–Crippen MR) is 154 cm³/mol. The van der Waals surface area contributed by atoms with E-state index >= 15 is 0 Å². The van der Waals surface area contributed by atoms with Crippen molar-refractivity contribution in [1.29, 1.82) is 0 Å². The van der Waals surface area contributed by atoms with Crippen LogP contribution in [0.25, 0.3) is 0 Å². The van der Waals surface area contributed by atoms with Crippen LogP contribution in [0.4, 0.5) is 0 Å². The normalized spacial score (nSPS) is 19.5. The highest BCUT2D eigenvalue weighted by molar-refractivity contribution is 6.42. The second kappa shape index (κ2) is 12.4. The first kappa shape index (κ1) is 28.9. The number of halogens is 2. The lowest BCUT2D eigenvalue weighted by Gasteiger charge is -2.56. The summed E-state index contributed by atoms with van der Waals surface area (Å²) in [5.41, 5.74) is 1.30. The van der Waals surface area contributed by atoms with Gasteiger partial charge in [-0.1, -0.05) is 29.3 Å². The highest BCUT2D eigenvalue weighted by Crippen LogP contribution is 2.40. The predicted octanol–water partition coefficient (Wildman–Crippen LogP) is 4.78. The second-order valence-electron chi connectivity index (χ2n) is 11.3. The van der Waals surface area contributed by atoms with Crippen LogP contribution in [-0.4, -0.2) is 97.0 Å². The van der Waals surface area contributed by atoms with E-state index in [-0.39, 0.29) is 17.7 Å². The number of hydrogen-bond acceptors (Lipinski definition) is 3. The molecule has 0 spiro atoms. The minimum atomic E-state index is -0.412. The molecule has 208 valence electrons. The molecule has 38 heavy (non-hydrogen) atoms. The van der Waals surface area contributed by atoms with Crippen molar-refractivity contribution < 1.29 is 14.1 Å². The van der Waals surface area contributed by atoms with E-state index in [0.29, 0.717) is 22.2 Å². The van der Waals surface area contributed by atoms with Crippen molar-refractivity contribution in [2.24, 2.45) is 0 Å². The van der Waals surface area contributed by atoms with Crippen LogP contribution in [0.3, 0.4) is 0 Å². The van der Waals surface area contributed by atoms with Gasteiger partial charge in [0.25, 0.3) is 11.8 Å². The average Bonchev–Trinajstić information content (AvgIpc) is 3.47. The molecular weight excluding hydrogens is 521 g/mol. The molecule has 2 aromatic rings. The lowest BCUT2D eigenvalue weighted by molar-refractivity contribution is -0.972. The molecule has 0 radical (unpaired) electrons. The van der Waals surface area contributed by atoms with Gasteiger partial charge in [-0.2, -0.15) is 0 Å². The zero-order chi connectivity index (χ0) is 27.3. The van der Waals surface area contributed by atoms with Crippen molar-refractivity contribution in [2.45, 2.75) is 50.0 Å². The molecule has 1 unspecified atom stereocenters. The van der Waals surface area contributed by atoms with Crippen molar-refractivity contribution in [1.82, 2.24) is 20.1 Å². The number of hydrogen-bond donors (Lipinski definition) is 2. The first-order valence-electron chi connectivity index (χ1n) is 13.8. The summed E-state index contributed by atoms with van der Waals surface area (Å²) in [5.74, 6) is 0.297. The molecule has 0 bridgehead atoms. The number of quaternary nitrogens is 1. The Balaban J connectivity index is 1.65. The fraction of sp³-hybridized carbons (Fsp3) is 0.586. The van der Waals surface area contributed by atoms with Crippen LogP contribution in [0, 0.1) is 0 Å². The molecule has 2 aliphatic rings. The first-order valence-corrected chi connectivity index (χ1v) is 14.6. The Morgan fingerprint density at radius 1 is 1.03 bits per heavy atom. The van der Waals surface area contributed by atoms with Crippen LogP contribution in [0.15, 0.2) is 36.7 Å². The molecule has 9 heteroatoms. The van der Waals surface area contributed by atoms with Gasteiger partial charge in [-0.3, -0.25) is 9.59 Å². The van der Waals surface area contributed by atoms with Gasteiger partial charge in [-0.05, 0) is 43.0 Å². The van der Waals surface area contributed by atoms with E-state index in [4.69, 9.17) is 23.2 Å². The summed E-state index contributed by atoms with van der Waals surface area (Å²) in [6, 6.07) is 7.61. The number of nitrogens with one attached hydrogen (secondary N) is 2. The van der Waals surface area contributed by atoms with Crippen LogP contribution >= 0.6 is 23.2 Å². The molecule has 1 aromatic carbocycles. The highest BCUT2D eigenvalue weighted by atomic mass is 35.5. The molecule has 4 rings (SSSR count). The molecule has 3 heterocycles. The summed E-state index contributed by atoms with van der Waals surface area (Å²) >= 11 is 12.7. The number of carbonyl (C=O) groups excluding carboxylic acids is 2. The molecule has 2 amide bonds. The molecule has 1 aromatic heterocycles. The fourth-order valence-corrected chi connectivity index (χ4v) is 7.06. The van der Waals surface area contributed by atoms with E-state index < -0.39 is 5.54 Å². The van der Waals surface area contributed by atoms with E-state index in [2.05, 4.69) is 10.3 Å². The number of carbonyl (C=O) groups is 2. The topological polar surface area (TPSA) is 68.4 Å².